The van der Waals surface area contributed by atoms with Gasteiger partial charge >= 0.3 is 6.18 Å². The zero-order valence-corrected chi connectivity index (χ0v) is 14.7. The number of carbonyl (C=O) groups is 2. The van der Waals surface area contributed by atoms with E-state index in [1.165, 1.54) is 12.1 Å². The number of amides is 2. The first-order valence-corrected chi connectivity index (χ1v) is 8.54. The van der Waals surface area contributed by atoms with Gasteiger partial charge in [0.05, 0.1) is 11.5 Å². The van der Waals surface area contributed by atoms with Gasteiger partial charge in [0.15, 0.2) is 0 Å². The van der Waals surface area contributed by atoms with Crippen LogP contribution < -0.4 is 5.32 Å². The van der Waals surface area contributed by atoms with Crippen LogP contribution in [0.3, 0.4) is 0 Å². The van der Waals surface area contributed by atoms with Gasteiger partial charge in [0.25, 0.3) is 0 Å². The topological polar surface area (TPSA) is 49.4 Å². The van der Waals surface area contributed by atoms with Crippen LogP contribution in [-0.2, 0) is 22.3 Å². The highest BCUT2D eigenvalue weighted by Crippen LogP contribution is 2.30. The van der Waals surface area contributed by atoms with Crippen molar-refractivity contribution in [1.29, 1.82) is 0 Å². The van der Waals surface area contributed by atoms with Gasteiger partial charge in [-0.05, 0) is 36.8 Å². The second-order valence-corrected chi connectivity index (χ2v) is 6.73. The Balaban J connectivity index is 1.59. The molecule has 142 valence electrons. The van der Waals surface area contributed by atoms with Crippen molar-refractivity contribution in [2.45, 2.75) is 26.1 Å². The van der Waals surface area contributed by atoms with E-state index < -0.39 is 17.7 Å². The summed E-state index contributed by atoms with van der Waals surface area (Å²) in [6.45, 7) is 2.70. The smallest absolute Gasteiger partial charge is 0.338 e. The monoisotopic (exact) mass is 376 g/mol. The molecule has 0 aliphatic carbocycles. The average molecular weight is 376 g/mol. The molecular formula is C20H19F3N2O2. The van der Waals surface area contributed by atoms with Crippen molar-refractivity contribution in [3.8, 4) is 0 Å². The van der Waals surface area contributed by atoms with Crippen LogP contribution in [0.4, 0.5) is 18.9 Å². The molecule has 1 aliphatic rings. The van der Waals surface area contributed by atoms with Crippen molar-refractivity contribution < 1.29 is 22.8 Å². The predicted octanol–water partition coefficient (Wildman–Crippen LogP) is 4.00. The lowest BCUT2D eigenvalue weighted by Crippen LogP contribution is -2.28. The number of nitrogens with zero attached hydrogens (tertiary/aromatic N) is 1. The predicted molar refractivity (Wildman–Crippen MR) is 94.8 cm³/mol. The molecule has 2 aromatic rings. The van der Waals surface area contributed by atoms with Crippen LogP contribution in [0.15, 0.2) is 48.5 Å². The Labute approximate surface area is 155 Å². The van der Waals surface area contributed by atoms with Crippen LogP contribution in [0.1, 0.15) is 23.1 Å². The summed E-state index contributed by atoms with van der Waals surface area (Å²) in [6.07, 6.45) is -4.32. The second-order valence-electron chi connectivity index (χ2n) is 6.73. The van der Waals surface area contributed by atoms with Gasteiger partial charge < -0.3 is 10.2 Å². The maximum absolute atomic E-state index is 12.6. The Morgan fingerprint density at radius 3 is 2.33 bits per heavy atom. The van der Waals surface area contributed by atoms with Crippen molar-refractivity contribution in [2.75, 3.05) is 11.9 Å². The lowest BCUT2D eigenvalue weighted by Gasteiger charge is -2.17. The summed E-state index contributed by atoms with van der Waals surface area (Å²) in [5.74, 6) is -0.997. The third kappa shape index (κ3) is 4.67. The molecule has 0 bridgehead atoms. The minimum absolute atomic E-state index is 0.0956. The lowest BCUT2D eigenvalue weighted by molar-refractivity contribution is -0.137. The fourth-order valence-corrected chi connectivity index (χ4v) is 3.00. The summed E-state index contributed by atoms with van der Waals surface area (Å²) in [7, 11) is 0. The quantitative estimate of drug-likeness (QED) is 0.877. The largest absolute Gasteiger partial charge is 0.416 e. The van der Waals surface area contributed by atoms with Crippen LogP contribution in [-0.4, -0.2) is 23.3 Å². The molecule has 1 fully saturated rings. The molecule has 0 radical (unpaired) electrons. The fraction of sp³-hybridized carbons (Fsp3) is 0.300. The van der Waals surface area contributed by atoms with Crippen molar-refractivity contribution in [1.82, 2.24) is 4.90 Å². The Morgan fingerprint density at radius 1 is 1.11 bits per heavy atom. The summed E-state index contributed by atoms with van der Waals surface area (Å²) < 4.78 is 37.8. The van der Waals surface area contributed by atoms with Crippen LogP contribution >= 0.6 is 0 Å². The number of anilines is 1. The Hall–Kier alpha value is -2.83. The number of rotatable bonds is 4. The number of hydrogen-bond acceptors (Lipinski definition) is 2. The normalized spacial score (nSPS) is 17.3. The number of hydrogen-bond donors (Lipinski definition) is 1. The fourth-order valence-electron chi connectivity index (χ4n) is 3.00. The van der Waals surface area contributed by atoms with E-state index in [1.807, 2.05) is 31.2 Å². The number of aryl methyl sites for hydroxylation is 1. The van der Waals surface area contributed by atoms with Gasteiger partial charge in [0.2, 0.25) is 11.8 Å². The molecule has 0 spiro atoms. The number of halogens is 3. The Morgan fingerprint density at radius 2 is 1.74 bits per heavy atom. The van der Waals surface area contributed by atoms with E-state index in [0.717, 1.165) is 23.3 Å². The second kappa shape index (κ2) is 7.42. The molecule has 2 aromatic carbocycles. The lowest BCUT2D eigenvalue weighted by atomic mass is 10.1. The highest BCUT2D eigenvalue weighted by Gasteiger charge is 2.34. The standard InChI is InChI=1S/C20H19F3N2O2/c1-13-2-4-14(5-3-13)11-25-12-15(10-18(25)26)19(27)24-17-8-6-16(7-9-17)20(21,22)23/h2-9,15H,10-12H2,1H3,(H,24,27)/t15-/m0/s1. The van der Waals surface area contributed by atoms with E-state index >= 15 is 0 Å². The molecule has 7 heteroatoms. The van der Waals surface area contributed by atoms with Gasteiger partial charge in [-0.15, -0.1) is 0 Å². The molecule has 4 nitrogen and oxygen atoms in total. The molecule has 1 saturated heterocycles. The van der Waals surface area contributed by atoms with E-state index in [1.54, 1.807) is 4.90 Å². The third-order valence-corrected chi connectivity index (χ3v) is 4.56. The van der Waals surface area contributed by atoms with E-state index in [9.17, 15) is 22.8 Å². The van der Waals surface area contributed by atoms with Gasteiger partial charge in [-0.3, -0.25) is 9.59 Å². The van der Waals surface area contributed by atoms with Crippen molar-refractivity contribution >= 4 is 17.5 Å². The number of likely N-dealkylation sites (tertiary alicyclic amines) is 1. The van der Waals surface area contributed by atoms with Crippen LogP contribution in [0.2, 0.25) is 0 Å². The van der Waals surface area contributed by atoms with E-state index in [0.29, 0.717) is 13.1 Å². The first kappa shape index (κ1) is 18.9. The minimum atomic E-state index is -4.42. The summed E-state index contributed by atoms with van der Waals surface area (Å²) in [4.78, 5) is 26.2. The Bertz CT molecular complexity index is 830. The molecule has 1 heterocycles. The van der Waals surface area contributed by atoms with Crippen LogP contribution in [0.25, 0.3) is 0 Å². The molecular weight excluding hydrogens is 357 g/mol. The van der Waals surface area contributed by atoms with Crippen LogP contribution in [0, 0.1) is 12.8 Å². The van der Waals surface area contributed by atoms with Crippen molar-refractivity contribution in [3.05, 3.63) is 65.2 Å². The summed E-state index contributed by atoms with van der Waals surface area (Å²) in [5, 5.41) is 2.59. The molecule has 2 amide bonds. The first-order chi connectivity index (χ1) is 12.7. The zero-order valence-electron chi connectivity index (χ0n) is 14.7. The van der Waals surface area contributed by atoms with Gasteiger partial charge in [-0.1, -0.05) is 29.8 Å². The van der Waals surface area contributed by atoms with Gasteiger partial charge in [-0.25, -0.2) is 0 Å². The van der Waals surface area contributed by atoms with Gasteiger partial charge in [0.1, 0.15) is 0 Å². The number of carbonyl (C=O) groups excluding carboxylic acids is 2. The summed E-state index contributed by atoms with van der Waals surface area (Å²) >= 11 is 0. The van der Waals surface area contributed by atoms with Crippen LogP contribution in [0.5, 0.6) is 0 Å². The maximum Gasteiger partial charge on any atom is 0.416 e. The average Bonchev–Trinajstić information content (AvgIpc) is 2.97. The van der Waals surface area contributed by atoms with E-state index in [4.69, 9.17) is 0 Å². The molecule has 1 atom stereocenters. The SMILES string of the molecule is Cc1ccc(CN2C[C@@H](C(=O)Nc3ccc(C(F)(F)F)cc3)CC2=O)cc1. The highest BCUT2D eigenvalue weighted by molar-refractivity contribution is 5.97. The van der Waals surface area contributed by atoms with Gasteiger partial charge in [-0.2, -0.15) is 13.2 Å². The molecule has 0 unspecified atom stereocenters. The zero-order chi connectivity index (χ0) is 19.6. The molecule has 1 aliphatic heterocycles. The van der Waals surface area contributed by atoms with Crippen molar-refractivity contribution in [2.24, 2.45) is 5.92 Å². The maximum atomic E-state index is 12.6. The molecule has 1 N–H and O–H groups in total. The summed E-state index contributed by atoms with van der Waals surface area (Å²) in [6, 6.07) is 12.1. The van der Waals surface area contributed by atoms with E-state index in [2.05, 4.69) is 5.32 Å². The first-order valence-electron chi connectivity index (χ1n) is 8.54. The minimum Gasteiger partial charge on any atom is -0.338 e. The summed E-state index contributed by atoms with van der Waals surface area (Å²) in [5.41, 5.74) is 1.61. The third-order valence-electron chi connectivity index (χ3n) is 4.56. The van der Waals surface area contributed by atoms with E-state index in [-0.39, 0.29) is 23.9 Å². The van der Waals surface area contributed by atoms with Crippen molar-refractivity contribution in [3.63, 3.8) is 0 Å². The van der Waals surface area contributed by atoms with Gasteiger partial charge in [0, 0.05) is 25.2 Å². The highest BCUT2D eigenvalue weighted by atomic mass is 19.4. The molecule has 3 rings (SSSR count). The number of alkyl halides is 3. The Kier molecular flexibility index (Phi) is 5.21. The molecule has 0 aromatic heterocycles. The number of benzene rings is 2. The number of nitrogens with one attached hydrogen (secondary N) is 1. The molecule has 0 saturated carbocycles. The molecule has 27 heavy (non-hydrogen) atoms.